The summed E-state index contributed by atoms with van der Waals surface area (Å²) in [4.78, 5) is 2.63. The number of nitrogens with zero attached hydrogens (tertiary/aromatic N) is 1. The Kier molecular flexibility index (Phi) is 5.47. The Balaban J connectivity index is 1.75. The molecule has 1 fully saturated rings. The van der Waals surface area contributed by atoms with Gasteiger partial charge < -0.3 is 5.32 Å². The summed E-state index contributed by atoms with van der Waals surface area (Å²) < 4.78 is 0. The molecule has 1 aliphatic rings. The number of hydrogen-bond donors (Lipinski definition) is 1. The molecule has 0 aromatic heterocycles. The molecule has 0 aliphatic carbocycles. The maximum absolute atomic E-state index is 3.57. The van der Waals surface area contributed by atoms with Crippen LogP contribution in [0.3, 0.4) is 0 Å². The van der Waals surface area contributed by atoms with Gasteiger partial charge in [-0.25, -0.2) is 0 Å². The van der Waals surface area contributed by atoms with Gasteiger partial charge in [-0.2, -0.15) is 0 Å². The van der Waals surface area contributed by atoms with Crippen LogP contribution in [0.1, 0.15) is 30.9 Å². The fourth-order valence-corrected chi connectivity index (χ4v) is 3.67. The topological polar surface area (TPSA) is 15.3 Å². The van der Waals surface area contributed by atoms with E-state index in [9.17, 15) is 0 Å². The molecular weight excluding hydrogens is 280 g/mol. The van der Waals surface area contributed by atoms with Crippen molar-refractivity contribution in [1.29, 1.82) is 0 Å². The summed E-state index contributed by atoms with van der Waals surface area (Å²) in [6.07, 6.45) is 2.55. The molecule has 2 nitrogen and oxygen atoms in total. The highest BCUT2D eigenvalue weighted by molar-refractivity contribution is 5.17. The number of hydrogen-bond acceptors (Lipinski definition) is 2. The number of rotatable bonds is 7. The van der Waals surface area contributed by atoms with Crippen LogP contribution in [0.25, 0.3) is 0 Å². The van der Waals surface area contributed by atoms with Crippen LogP contribution in [-0.4, -0.2) is 24.5 Å². The van der Waals surface area contributed by atoms with Gasteiger partial charge in [-0.1, -0.05) is 67.6 Å². The lowest BCUT2D eigenvalue weighted by molar-refractivity contribution is 0.145. The summed E-state index contributed by atoms with van der Waals surface area (Å²) in [6, 6.07) is 21.7. The summed E-state index contributed by atoms with van der Waals surface area (Å²) in [5.74, 6) is 0. The lowest BCUT2D eigenvalue weighted by Gasteiger charge is -2.34. The van der Waals surface area contributed by atoms with Crippen molar-refractivity contribution in [2.75, 3.05) is 19.6 Å². The number of nitrogens with one attached hydrogen (secondary N) is 1. The van der Waals surface area contributed by atoms with Gasteiger partial charge in [0.2, 0.25) is 0 Å². The highest BCUT2D eigenvalue weighted by atomic mass is 15.1. The van der Waals surface area contributed by atoms with Crippen molar-refractivity contribution in [1.82, 2.24) is 10.2 Å². The van der Waals surface area contributed by atoms with E-state index in [0.29, 0.717) is 5.41 Å². The summed E-state index contributed by atoms with van der Waals surface area (Å²) in [6.45, 7) is 7.88. The molecule has 1 N–H and O–H groups in total. The van der Waals surface area contributed by atoms with Crippen molar-refractivity contribution in [3.8, 4) is 0 Å². The van der Waals surface area contributed by atoms with Gasteiger partial charge in [-0.05, 0) is 35.9 Å². The van der Waals surface area contributed by atoms with Gasteiger partial charge in [-0.3, -0.25) is 4.90 Å². The van der Waals surface area contributed by atoms with E-state index in [-0.39, 0.29) is 0 Å². The Morgan fingerprint density at radius 1 is 0.913 bits per heavy atom. The zero-order valence-electron chi connectivity index (χ0n) is 14.2. The van der Waals surface area contributed by atoms with Crippen LogP contribution in [0.5, 0.6) is 0 Å². The van der Waals surface area contributed by atoms with Crippen LogP contribution in [-0.2, 0) is 13.1 Å². The SMILES string of the molecule is CCC1(CN(Cc2ccccc2)Cc2ccccc2)CCNC1. The zero-order valence-corrected chi connectivity index (χ0v) is 14.2. The van der Waals surface area contributed by atoms with Crippen molar-refractivity contribution in [2.45, 2.75) is 32.9 Å². The first-order chi connectivity index (χ1) is 11.3. The van der Waals surface area contributed by atoms with Crippen LogP contribution in [0.4, 0.5) is 0 Å². The Morgan fingerprint density at radius 3 is 1.91 bits per heavy atom. The lowest BCUT2D eigenvalue weighted by atomic mass is 9.83. The molecule has 2 heteroatoms. The van der Waals surface area contributed by atoms with Crippen LogP contribution in [0, 0.1) is 5.41 Å². The maximum Gasteiger partial charge on any atom is 0.0237 e. The molecule has 0 saturated carbocycles. The van der Waals surface area contributed by atoms with Gasteiger partial charge in [-0.15, -0.1) is 0 Å². The van der Waals surface area contributed by atoms with Gasteiger partial charge in [0.05, 0.1) is 0 Å². The van der Waals surface area contributed by atoms with E-state index >= 15 is 0 Å². The first-order valence-electron chi connectivity index (χ1n) is 8.81. The maximum atomic E-state index is 3.57. The molecular formula is C21H28N2. The molecule has 0 spiro atoms. The van der Waals surface area contributed by atoms with Crippen molar-refractivity contribution in [3.63, 3.8) is 0 Å². The highest BCUT2D eigenvalue weighted by Gasteiger charge is 2.33. The van der Waals surface area contributed by atoms with Crippen LogP contribution >= 0.6 is 0 Å². The summed E-state index contributed by atoms with van der Waals surface area (Å²) >= 11 is 0. The average molecular weight is 308 g/mol. The van der Waals surface area contributed by atoms with E-state index in [4.69, 9.17) is 0 Å². The van der Waals surface area contributed by atoms with Crippen molar-refractivity contribution in [2.24, 2.45) is 5.41 Å². The minimum atomic E-state index is 0.434. The number of benzene rings is 2. The molecule has 2 aromatic rings. The van der Waals surface area contributed by atoms with Gasteiger partial charge >= 0.3 is 0 Å². The Hall–Kier alpha value is -1.64. The summed E-state index contributed by atoms with van der Waals surface area (Å²) in [5.41, 5.74) is 3.24. The first-order valence-corrected chi connectivity index (χ1v) is 8.81. The predicted molar refractivity (Wildman–Crippen MR) is 97.2 cm³/mol. The summed E-state index contributed by atoms with van der Waals surface area (Å²) in [7, 11) is 0. The van der Waals surface area contributed by atoms with Crippen LogP contribution in [0.15, 0.2) is 60.7 Å². The molecule has 0 amide bonds. The molecule has 1 atom stereocenters. The van der Waals surface area contributed by atoms with Gasteiger partial charge in [0.1, 0.15) is 0 Å². The van der Waals surface area contributed by atoms with Gasteiger partial charge in [0.15, 0.2) is 0 Å². The molecule has 2 aromatic carbocycles. The fourth-order valence-electron chi connectivity index (χ4n) is 3.67. The van der Waals surface area contributed by atoms with E-state index in [1.165, 1.54) is 37.1 Å². The second-order valence-electron chi connectivity index (χ2n) is 6.90. The lowest BCUT2D eigenvalue weighted by Crippen LogP contribution is -2.38. The molecule has 1 unspecified atom stereocenters. The smallest absolute Gasteiger partial charge is 0.0237 e. The molecule has 1 heterocycles. The minimum Gasteiger partial charge on any atom is -0.316 e. The third kappa shape index (κ3) is 4.43. The monoisotopic (exact) mass is 308 g/mol. The van der Waals surface area contributed by atoms with Crippen molar-refractivity contribution >= 4 is 0 Å². The van der Waals surface area contributed by atoms with E-state index in [0.717, 1.165) is 19.6 Å². The van der Waals surface area contributed by atoms with E-state index < -0.39 is 0 Å². The molecule has 0 bridgehead atoms. The third-order valence-electron chi connectivity index (χ3n) is 5.14. The average Bonchev–Trinajstić information content (AvgIpc) is 3.06. The van der Waals surface area contributed by atoms with Gasteiger partial charge in [0, 0.05) is 26.2 Å². The quantitative estimate of drug-likeness (QED) is 0.829. The highest BCUT2D eigenvalue weighted by Crippen LogP contribution is 2.31. The molecule has 23 heavy (non-hydrogen) atoms. The third-order valence-corrected chi connectivity index (χ3v) is 5.14. The van der Waals surface area contributed by atoms with Crippen LogP contribution in [0.2, 0.25) is 0 Å². The molecule has 1 saturated heterocycles. The second-order valence-corrected chi connectivity index (χ2v) is 6.90. The Morgan fingerprint density at radius 2 is 1.48 bits per heavy atom. The fraction of sp³-hybridized carbons (Fsp3) is 0.429. The first kappa shape index (κ1) is 16.2. The minimum absolute atomic E-state index is 0.434. The molecule has 0 radical (unpaired) electrons. The van der Waals surface area contributed by atoms with Gasteiger partial charge in [0.25, 0.3) is 0 Å². The standard InChI is InChI=1S/C21H28N2/c1-2-21(13-14-22-17-21)18-23(15-19-9-5-3-6-10-19)16-20-11-7-4-8-12-20/h3-12,22H,2,13-18H2,1H3. The zero-order chi connectivity index (χ0) is 16.0. The molecule has 1 aliphatic heterocycles. The van der Waals surface area contributed by atoms with Crippen LogP contribution < -0.4 is 5.32 Å². The Labute approximate surface area is 140 Å². The normalized spacial score (nSPS) is 21.0. The molecule has 3 rings (SSSR count). The second kappa shape index (κ2) is 7.76. The largest absolute Gasteiger partial charge is 0.316 e. The van der Waals surface area contributed by atoms with Crippen molar-refractivity contribution < 1.29 is 0 Å². The van der Waals surface area contributed by atoms with E-state index in [2.05, 4.69) is 77.8 Å². The summed E-state index contributed by atoms with van der Waals surface area (Å²) in [5, 5.41) is 3.57. The van der Waals surface area contributed by atoms with Crippen molar-refractivity contribution in [3.05, 3.63) is 71.8 Å². The molecule has 122 valence electrons. The van der Waals surface area contributed by atoms with E-state index in [1.807, 2.05) is 0 Å². The van der Waals surface area contributed by atoms with E-state index in [1.54, 1.807) is 0 Å². The Bertz CT molecular complexity index is 532. The predicted octanol–water partition coefficient (Wildman–Crippen LogP) is 4.08.